The summed E-state index contributed by atoms with van der Waals surface area (Å²) in [4.78, 5) is 13.8. The first kappa shape index (κ1) is 11.9. The third kappa shape index (κ3) is 3.20. The second-order valence-electron chi connectivity index (χ2n) is 4.37. The van der Waals surface area contributed by atoms with Crippen LogP contribution in [-0.2, 0) is 4.79 Å². The largest absolute Gasteiger partial charge is 0.369 e. The van der Waals surface area contributed by atoms with Crippen LogP contribution in [0.15, 0.2) is 30.3 Å². The van der Waals surface area contributed by atoms with Gasteiger partial charge in [0.2, 0.25) is 5.91 Å². The molecule has 1 aliphatic heterocycles. The number of hydrogen-bond acceptors (Lipinski definition) is 3. The molecule has 1 fully saturated rings. The van der Waals surface area contributed by atoms with Crippen molar-refractivity contribution in [3.63, 3.8) is 0 Å². The minimum absolute atomic E-state index is 0.0763. The quantitative estimate of drug-likeness (QED) is 0.800. The SMILES string of the molecule is CNCC(=O)NC1CCN(c2ccccc2)C1. The maximum absolute atomic E-state index is 11.5. The number of anilines is 1. The van der Waals surface area contributed by atoms with Crippen LogP contribution in [0.5, 0.6) is 0 Å². The van der Waals surface area contributed by atoms with Crippen molar-refractivity contribution in [3.8, 4) is 0 Å². The number of hydrogen-bond donors (Lipinski definition) is 2. The van der Waals surface area contributed by atoms with Gasteiger partial charge < -0.3 is 15.5 Å². The Hall–Kier alpha value is -1.55. The Kier molecular flexibility index (Phi) is 3.98. The van der Waals surface area contributed by atoms with Crippen molar-refractivity contribution < 1.29 is 4.79 Å². The minimum Gasteiger partial charge on any atom is -0.369 e. The smallest absolute Gasteiger partial charge is 0.234 e. The van der Waals surface area contributed by atoms with E-state index in [0.717, 1.165) is 19.5 Å². The molecule has 1 unspecified atom stereocenters. The number of benzene rings is 1. The van der Waals surface area contributed by atoms with E-state index in [-0.39, 0.29) is 11.9 Å². The van der Waals surface area contributed by atoms with Crippen molar-refractivity contribution >= 4 is 11.6 Å². The van der Waals surface area contributed by atoms with Crippen LogP contribution >= 0.6 is 0 Å². The van der Waals surface area contributed by atoms with Crippen LogP contribution in [0.1, 0.15) is 6.42 Å². The van der Waals surface area contributed by atoms with Crippen LogP contribution in [0, 0.1) is 0 Å². The molecule has 1 aromatic carbocycles. The summed E-state index contributed by atoms with van der Waals surface area (Å²) in [6.45, 7) is 2.30. The highest BCUT2D eigenvalue weighted by Gasteiger charge is 2.23. The fraction of sp³-hybridized carbons (Fsp3) is 0.462. The second-order valence-corrected chi connectivity index (χ2v) is 4.37. The van der Waals surface area contributed by atoms with E-state index in [9.17, 15) is 4.79 Å². The molecule has 1 aliphatic rings. The van der Waals surface area contributed by atoms with Gasteiger partial charge in [0.1, 0.15) is 0 Å². The standard InChI is InChI=1S/C13H19N3O/c1-14-9-13(17)15-11-7-8-16(10-11)12-5-3-2-4-6-12/h2-6,11,14H,7-10H2,1H3,(H,15,17). The number of rotatable bonds is 4. The van der Waals surface area contributed by atoms with Gasteiger partial charge in [-0.3, -0.25) is 4.79 Å². The number of likely N-dealkylation sites (N-methyl/N-ethyl adjacent to an activating group) is 1. The summed E-state index contributed by atoms with van der Waals surface area (Å²) >= 11 is 0. The molecular formula is C13H19N3O. The predicted molar refractivity (Wildman–Crippen MR) is 69.1 cm³/mol. The molecule has 1 heterocycles. The molecule has 0 bridgehead atoms. The van der Waals surface area contributed by atoms with Gasteiger partial charge in [-0.2, -0.15) is 0 Å². The molecule has 2 rings (SSSR count). The van der Waals surface area contributed by atoms with E-state index in [4.69, 9.17) is 0 Å². The van der Waals surface area contributed by atoms with E-state index in [0.29, 0.717) is 6.54 Å². The van der Waals surface area contributed by atoms with Crippen molar-refractivity contribution in [2.24, 2.45) is 0 Å². The van der Waals surface area contributed by atoms with Crippen molar-refractivity contribution in [1.82, 2.24) is 10.6 Å². The first-order chi connectivity index (χ1) is 8.29. The number of carbonyl (C=O) groups is 1. The average Bonchev–Trinajstić information content (AvgIpc) is 2.79. The van der Waals surface area contributed by atoms with Crippen LogP contribution in [-0.4, -0.2) is 38.6 Å². The molecule has 4 heteroatoms. The predicted octanol–water partition coefficient (Wildman–Crippen LogP) is 0.601. The van der Waals surface area contributed by atoms with Gasteiger partial charge in [0.15, 0.2) is 0 Å². The molecule has 0 radical (unpaired) electrons. The number of para-hydroxylation sites is 1. The third-order valence-electron chi connectivity index (χ3n) is 3.01. The summed E-state index contributed by atoms with van der Waals surface area (Å²) in [7, 11) is 1.78. The lowest BCUT2D eigenvalue weighted by atomic mass is 10.2. The molecule has 17 heavy (non-hydrogen) atoms. The molecule has 0 spiro atoms. The molecule has 1 aromatic rings. The highest BCUT2D eigenvalue weighted by molar-refractivity contribution is 5.78. The van der Waals surface area contributed by atoms with E-state index >= 15 is 0 Å². The molecule has 92 valence electrons. The second kappa shape index (κ2) is 5.68. The fourth-order valence-corrected chi connectivity index (χ4v) is 2.19. The maximum atomic E-state index is 11.5. The van der Waals surface area contributed by atoms with E-state index in [1.165, 1.54) is 5.69 Å². The van der Waals surface area contributed by atoms with Crippen LogP contribution < -0.4 is 15.5 Å². The first-order valence-corrected chi connectivity index (χ1v) is 6.03. The van der Waals surface area contributed by atoms with Gasteiger partial charge in [-0.05, 0) is 25.6 Å². The van der Waals surface area contributed by atoms with E-state index in [1.807, 2.05) is 18.2 Å². The summed E-state index contributed by atoms with van der Waals surface area (Å²) in [5.41, 5.74) is 1.23. The highest BCUT2D eigenvalue weighted by atomic mass is 16.2. The average molecular weight is 233 g/mol. The summed E-state index contributed by atoms with van der Waals surface area (Å²) < 4.78 is 0. The van der Waals surface area contributed by atoms with Crippen LogP contribution in [0.2, 0.25) is 0 Å². The monoisotopic (exact) mass is 233 g/mol. The summed E-state index contributed by atoms with van der Waals surface area (Å²) in [6.07, 6.45) is 1.02. The Balaban J connectivity index is 1.86. The van der Waals surface area contributed by atoms with Gasteiger partial charge in [-0.15, -0.1) is 0 Å². The topological polar surface area (TPSA) is 44.4 Å². The number of carbonyl (C=O) groups excluding carboxylic acids is 1. The first-order valence-electron chi connectivity index (χ1n) is 6.03. The zero-order valence-electron chi connectivity index (χ0n) is 10.1. The lowest BCUT2D eigenvalue weighted by molar-refractivity contribution is -0.120. The van der Waals surface area contributed by atoms with Gasteiger partial charge >= 0.3 is 0 Å². The zero-order valence-corrected chi connectivity index (χ0v) is 10.1. The van der Waals surface area contributed by atoms with Gasteiger partial charge in [-0.1, -0.05) is 18.2 Å². The Bertz CT molecular complexity index is 366. The summed E-state index contributed by atoms with van der Waals surface area (Å²) in [5.74, 6) is 0.0763. The molecule has 0 aliphatic carbocycles. The van der Waals surface area contributed by atoms with E-state index < -0.39 is 0 Å². The van der Waals surface area contributed by atoms with E-state index in [1.54, 1.807) is 7.05 Å². The normalized spacial score (nSPS) is 19.4. The van der Waals surface area contributed by atoms with Crippen molar-refractivity contribution in [1.29, 1.82) is 0 Å². The molecule has 1 saturated heterocycles. The van der Waals surface area contributed by atoms with Crippen molar-refractivity contribution in [2.75, 3.05) is 31.6 Å². The summed E-state index contributed by atoms with van der Waals surface area (Å²) in [5, 5.41) is 5.90. The Morgan fingerprint density at radius 2 is 2.18 bits per heavy atom. The van der Waals surface area contributed by atoms with Gasteiger partial charge in [0.25, 0.3) is 0 Å². The molecule has 4 nitrogen and oxygen atoms in total. The fourth-order valence-electron chi connectivity index (χ4n) is 2.19. The molecule has 1 atom stereocenters. The Morgan fingerprint density at radius 1 is 1.41 bits per heavy atom. The van der Waals surface area contributed by atoms with E-state index in [2.05, 4.69) is 27.7 Å². The van der Waals surface area contributed by atoms with Gasteiger partial charge in [-0.25, -0.2) is 0 Å². The van der Waals surface area contributed by atoms with Crippen LogP contribution in [0.25, 0.3) is 0 Å². The summed E-state index contributed by atoms with van der Waals surface area (Å²) in [6, 6.07) is 10.6. The van der Waals surface area contributed by atoms with Gasteiger partial charge in [0.05, 0.1) is 6.54 Å². The number of nitrogens with zero attached hydrogens (tertiary/aromatic N) is 1. The molecular weight excluding hydrogens is 214 g/mol. The number of nitrogens with one attached hydrogen (secondary N) is 2. The Morgan fingerprint density at radius 3 is 2.88 bits per heavy atom. The molecule has 2 N–H and O–H groups in total. The Labute approximate surface area is 102 Å². The molecule has 0 aromatic heterocycles. The zero-order chi connectivity index (χ0) is 12.1. The molecule has 1 amide bonds. The van der Waals surface area contributed by atoms with Crippen molar-refractivity contribution in [3.05, 3.63) is 30.3 Å². The van der Waals surface area contributed by atoms with Crippen LogP contribution in [0.4, 0.5) is 5.69 Å². The minimum atomic E-state index is 0.0763. The lowest BCUT2D eigenvalue weighted by Gasteiger charge is -2.18. The van der Waals surface area contributed by atoms with Gasteiger partial charge in [0, 0.05) is 24.8 Å². The van der Waals surface area contributed by atoms with Crippen LogP contribution in [0.3, 0.4) is 0 Å². The maximum Gasteiger partial charge on any atom is 0.234 e. The van der Waals surface area contributed by atoms with Crippen molar-refractivity contribution in [2.45, 2.75) is 12.5 Å². The molecule has 0 saturated carbocycles. The number of amides is 1. The third-order valence-corrected chi connectivity index (χ3v) is 3.01. The lowest BCUT2D eigenvalue weighted by Crippen LogP contribution is -2.41. The highest BCUT2D eigenvalue weighted by Crippen LogP contribution is 2.19.